The van der Waals surface area contributed by atoms with Gasteiger partial charge in [-0.3, -0.25) is 0 Å². The predicted molar refractivity (Wildman–Crippen MR) is 79.0 cm³/mol. The van der Waals surface area contributed by atoms with Gasteiger partial charge in [0.1, 0.15) is 0 Å². The molecule has 102 valence electrons. The molecule has 0 N–H and O–H groups in total. The smallest absolute Gasteiger partial charge is 0.854 e. The van der Waals surface area contributed by atoms with E-state index < -0.39 is 0 Å². The van der Waals surface area contributed by atoms with Gasteiger partial charge in [-0.05, 0) is 26.2 Å². The predicted octanol–water partition coefficient (Wildman–Crippen LogP) is -2.88. The average Bonchev–Trinajstić information content (AvgIpc) is 2.26. The second-order valence-electron chi connectivity index (χ2n) is 3.13. The van der Waals surface area contributed by atoms with E-state index in [4.69, 9.17) is 4.74 Å². The SMILES string of the molecule is CCCCOCCCC[O-].CPC.[CH2-]P[CH2-].[Li+].[Li+]. The summed E-state index contributed by atoms with van der Waals surface area (Å²) in [7, 11) is 1.67. The van der Waals surface area contributed by atoms with Crippen LogP contribution >= 0.6 is 17.2 Å². The standard InChI is InChI=1S/C8H17O2.C2H7P.C2H5P.2Li/c1-2-3-7-10-8-5-4-6-9;2*1-3-2;;/h2-8H2,1H3;3H,1-2H3;3H,1-2H2;;/q-1;;-2;2*+1. The van der Waals surface area contributed by atoms with Crippen LogP contribution in [0.1, 0.15) is 32.6 Å². The molecule has 18 heavy (non-hydrogen) atoms. The molecule has 0 aliphatic rings. The van der Waals surface area contributed by atoms with Crippen LogP contribution in [0, 0.1) is 13.3 Å². The van der Waals surface area contributed by atoms with Crippen LogP contribution < -0.4 is 42.8 Å². The van der Waals surface area contributed by atoms with Crippen LogP contribution in [0.5, 0.6) is 0 Å². The molecular weight excluding hydrogens is 252 g/mol. The molecule has 0 spiro atoms. The van der Waals surface area contributed by atoms with E-state index in [1.54, 1.807) is 0 Å². The van der Waals surface area contributed by atoms with E-state index in [-0.39, 0.29) is 44.3 Å². The van der Waals surface area contributed by atoms with Gasteiger partial charge in [0.2, 0.25) is 0 Å². The molecule has 0 amide bonds. The normalized spacial score (nSPS) is 7.67. The molecule has 6 heteroatoms. The molecule has 0 heterocycles. The zero-order valence-corrected chi connectivity index (χ0v) is 15.2. The van der Waals surface area contributed by atoms with E-state index in [0.717, 1.165) is 41.1 Å². The molecule has 0 unspecified atom stereocenters. The molecule has 2 nitrogen and oxygen atoms in total. The van der Waals surface area contributed by atoms with Gasteiger partial charge in [0.15, 0.2) is 0 Å². The van der Waals surface area contributed by atoms with Crippen molar-refractivity contribution in [2.75, 3.05) is 33.2 Å². The van der Waals surface area contributed by atoms with E-state index in [9.17, 15) is 5.11 Å². The van der Waals surface area contributed by atoms with Crippen LogP contribution in [0.4, 0.5) is 0 Å². The van der Waals surface area contributed by atoms with Crippen LogP contribution in [-0.2, 0) is 4.74 Å². The minimum absolute atomic E-state index is 0. The largest absolute Gasteiger partial charge is 1.00 e. The maximum atomic E-state index is 9.96. The summed E-state index contributed by atoms with van der Waals surface area (Å²) in [5.74, 6) is 0. The molecule has 0 bridgehead atoms. The summed E-state index contributed by atoms with van der Waals surface area (Å²) in [6.45, 7) is 14.9. The Labute approximate surface area is 143 Å². The second-order valence-corrected chi connectivity index (χ2v) is 4.63. The average molecular weight is 281 g/mol. The van der Waals surface area contributed by atoms with Crippen LogP contribution in [0.3, 0.4) is 0 Å². The fraction of sp³-hybridized carbons (Fsp3) is 0.833. The zero-order chi connectivity index (χ0) is 13.1. The van der Waals surface area contributed by atoms with E-state index in [1.165, 1.54) is 6.42 Å². The molecule has 0 radical (unpaired) electrons. The van der Waals surface area contributed by atoms with E-state index in [1.807, 2.05) is 0 Å². The van der Waals surface area contributed by atoms with Gasteiger partial charge in [0.25, 0.3) is 0 Å². The molecular formula is C12H29Li2O2P2-. The first-order valence-corrected chi connectivity index (χ1v) is 9.19. The first-order valence-electron chi connectivity index (χ1n) is 5.78. The van der Waals surface area contributed by atoms with Gasteiger partial charge in [-0.15, -0.1) is 15.2 Å². The Morgan fingerprint density at radius 3 is 1.72 bits per heavy atom. The quantitative estimate of drug-likeness (QED) is 0.217. The van der Waals surface area contributed by atoms with Crippen molar-refractivity contribution < 1.29 is 47.6 Å². The minimum Gasteiger partial charge on any atom is -0.854 e. The summed E-state index contributed by atoms with van der Waals surface area (Å²) in [4.78, 5) is 0. The summed E-state index contributed by atoms with van der Waals surface area (Å²) in [5, 5.41) is 9.96. The van der Waals surface area contributed by atoms with Crippen molar-refractivity contribution in [3.8, 4) is 0 Å². The molecule has 0 rings (SSSR count). The van der Waals surface area contributed by atoms with Gasteiger partial charge in [-0.2, -0.15) is 0 Å². The summed E-state index contributed by atoms with van der Waals surface area (Å²) in [5.41, 5.74) is 0. The molecule has 0 aromatic rings. The van der Waals surface area contributed by atoms with Gasteiger partial charge < -0.3 is 31.8 Å². The number of hydrogen-bond donors (Lipinski definition) is 0. The van der Waals surface area contributed by atoms with Crippen molar-refractivity contribution in [3.05, 3.63) is 13.3 Å². The second kappa shape index (κ2) is 42.8. The Hall–Kier alpha value is 1.97. The van der Waals surface area contributed by atoms with Crippen molar-refractivity contribution in [1.29, 1.82) is 0 Å². The van der Waals surface area contributed by atoms with Crippen LogP contribution in [-0.4, -0.2) is 33.2 Å². The Bertz CT molecular complexity index is 82.5. The third kappa shape index (κ3) is 64.3. The Morgan fingerprint density at radius 2 is 1.39 bits per heavy atom. The van der Waals surface area contributed by atoms with Crippen molar-refractivity contribution in [2.24, 2.45) is 0 Å². The van der Waals surface area contributed by atoms with Crippen molar-refractivity contribution in [2.45, 2.75) is 32.6 Å². The number of hydrogen-bond acceptors (Lipinski definition) is 2. The molecule has 0 fully saturated rings. The van der Waals surface area contributed by atoms with Gasteiger partial charge in [0, 0.05) is 13.2 Å². The fourth-order valence-corrected chi connectivity index (χ4v) is 0.655. The first-order chi connectivity index (χ1) is 7.74. The summed E-state index contributed by atoms with van der Waals surface area (Å²) in [6, 6.07) is 0. The molecule has 0 saturated carbocycles. The molecule has 0 atom stereocenters. The fourth-order valence-electron chi connectivity index (χ4n) is 0.655. The van der Waals surface area contributed by atoms with Crippen LogP contribution in [0.25, 0.3) is 0 Å². The van der Waals surface area contributed by atoms with Crippen molar-refractivity contribution >= 4 is 17.2 Å². The number of ether oxygens (including phenoxy) is 1. The Balaban J connectivity index is -0.0000000603. The molecule has 0 aromatic carbocycles. The summed E-state index contributed by atoms with van der Waals surface area (Å²) in [6.07, 6.45) is 4.00. The third-order valence-electron chi connectivity index (χ3n) is 1.33. The van der Waals surface area contributed by atoms with Crippen LogP contribution in [0.15, 0.2) is 0 Å². The zero-order valence-electron chi connectivity index (χ0n) is 13.2. The topological polar surface area (TPSA) is 32.3 Å². The van der Waals surface area contributed by atoms with Gasteiger partial charge in [0.05, 0.1) is 0 Å². The van der Waals surface area contributed by atoms with Crippen LogP contribution in [0.2, 0.25) is 0 Å². The Morgan fingerprint density at radius 1 is 1.00 bits per heavy atom. The van der Waals surface area contributed by atoms with E-state index in [0.29, 0.717) is 8.58 Å². The maximum absolute atomic E-state index is 9.96. The summed E-state index contributed by atoms with van der Waals surface area (Å²) < 4.78 is 5.24. The molecule has 0 saturated heterocycles. The van der Waals surface area contributed by atoms with Gasteiger partial charge >= 0.3 is 37.7 Å². The monoisotopic (exact) mass is 281 g/mol. The van der Waals surface area contributed by atoms with Gasteiger partial charge in [-0.1, -0.05) is 19.8 Å². The maximum Gasteiger partial charge on any atom is 1.00 e. The van der Waals surface area contributed by atoms with E-state index in [2.05, 4.69) is 33.6 Å². The summed E-state index contributed by atoms with van der Waals surface area (Å²) >= 11 is 0. The molecule has 0 aliphatic heterocycles. The van der Waals surface area contributed by atoms with Crippen molar-refractivity contribution in [3.63, 3.8) is 0 Å². The Kier molecular flexibility index (Phi) is 76.2. The number of rotatable bonds is 7. The molecule has 0 aliphatic carbocycles. The van der Waals surface area contributed by atoms with Gasteiger partial charge in [-0.25, -0.2) is 0 Å². The first kappa shape index (κ1) is 32.1. The van der Waals surface area contributed by atoms with Crippen molar-refractivity contribution in [1.82, 2.24) is 0 Å². The molecule has 0 aromatic heterocycles. The minimum atomic E-state index is 0. The third-order valence-corrected chi connectivity index (χ3v) is 1.33. The van der Waals surface area contributed by atoms with E-state index >= 15 is 0 Å². The number of unbranched alkanes of at least 4 members (excludes halogenated alkanes) is 2.